The van der Waals surface area contributed by atoms with Gasteiger partial charge in [0, 0.05) is 23.6 Å². The summed E-state index contributed by atoms with van der Waals surface area (Å²) >= 11 is 6.17. The molecule has 3 aliphatic rings. The summed E-state index contributed by atoms with van der Waals surface area (Å²) in [4.78, 5) is 26.3. The zero-order chi connectivity index (χ0) is 14.6. The first-order chi connectivity index (χ1) is 10.1. The number of fused-ring (bicyclic) bond motifs is 2. The molecule has 5 heteroatoms. The van der Waals surface area contributed by atoms with E-state index in [1.54, 1.807) is 0 Å². The van der Waals surface area contributed by atoms with Gasteiger partial charge in [-0.05, 0) is 49.7 Å². The topological polar surface area (TPSA) is 49.4 Å². The third kappa shape index (κ3) is 1.79. The van der Waals surface area contributed by atoms with Crippen molar-refractivity contribution in [1.82, 2.24) is 5.32 Å². The highest BCUT2D eigenvalue weighted by Crippen LogP contribution is 2.50. The van der Waals surface area contributed by atoms with Gasteiger partial charge in [0.05, 0.1) is 11.5 Å². The summed E-state index contributed by atoms with van der Waals surface area (Å²) in [5.41, 5.74) is 1.58. The van der Waals surface area contributed by atoms with Gasteiger partial charge in [0.15, 0.2) is 0 Å². The Balaban J connectivity index is 1.82. The SMILES string of the molecule is O=C1CC(N2C(=O)C3(CCNCC3)c3cc(Cl)ccc32)C1. The minimum Gasteiger partial charge on any atom is -0.317 e. The number of amides is 1. The molecule has 110 valence electrons. The first-order valence-corrected chi connectivity index (χ1v) is 7.86. The van der Waals surface area contributed by atoms with Crippen LogP contribution in [0.3, 0.4) is 0 Å². The molecule has 1 N–H and O–H groups in total. The summed E-state index contributed by atoms with van der Waals surface area (Å²) in [6.07, 6.45) is 2.58. The molecule has 1 aromatic rings. The lowest BCUT2D eigenvalue weighted by Crippen LogP contribution is -2.53. The Morgan fingerprint density at radius 3 is 2.57 bits per heavy atom. The van der Waals surface area contributed by atoms with E-state index in [1.807, 2.05) is 23.1 Å². The number of ketones is 1. The van der Waals surface area contributed by atoms with Gasteiger partial charge in [-0.3, -0.25) is 9.59 Å². The smallest absolute Gasteiger partial charge is 0.238 e. The molecule has 0 bridgehead atoms. The minimum atomic E-state index is -0.440. The maximum absolute atomic E-state index is 13.1. The second kappa shape index (κ2) is 4.55. The van der Waals surface area contributed by atoms with Crippen LogP contribution in [0.25, 0.3) is 0 Å². The second-order valence-electron chi connectivity index (χ2n) is 6.27. The van der Waals surface area contributed by atoms with Crippen LogP contribution in [0.4, 0.5) is 5.69 Å². The van der Waals surface area contributed by atoms with Gasteiger partial charge in [-0.25, -0.2) is 0 Å². The zero-order valence-corrected chi connectivity index (χ0v) is 12.4. The monoisotopic (exact) mass is 304 g/mol. The van der Waals surface area contributed by atoms with E-state index in [9.17, 15) is 9.59 Å². The van der Waals surface area contributed by atoms with Crippen molar-refractivity contribution in [3.63, 3.8) is 0 Å². The molecule has 1 aromatic carbocycles. The molecule has 21 heavy (non-hydrogen) atoms. The number of hydrogen-bond donors (Lipinski definition) is 1. The van der Waals surface area contributed by atoms with E-state index in [1.165, 1.54) is 0 Å². The highest BCUT2D eigenvalue weighted by molar-refractivity contribution is 6.31. The van der Waals surface area contributed by atoms with E-state index < -0.39 is 5.41 Å². The molecular weight excluding hydrogens is 288 g/mol. The molecule has 4 rings (SSSR count). The molecule has 2 heterocycles. The summed E-state index contributed by atoms with van der Waals surface area (Å²) in [6.45, 7) is 1.68. The van der Waals surface area contributed by atoms with Crippen LogP contribution in [0, 0.1) is 0 Å². The zero-order valence-electron chi connectivity index (χ0n) is 11.7. The number of benzene rings is 1. The number of Topliss-reactive ketones (excluding diaryl/α,β-unsaturated/α-hetero) is 1. The summed E-state index contributed by atoms with van der Waals surface area (Å²) in [5, 5.41) is 4.00. The maximum Gasteiger partial charge on any atom is 0.238 e. The number of nitrogens with one attached hydrogen (secondary N) is 1. The molecule has 0 atom stereocenters. The Kier molecular flexibility index (Phi) is 2.88. The van der Waals surface area contributed by atoms with E-state index in [0.29, 0.717) is 17.9 Å². The Bertz CT molecular complexity index is 629. The molecule has 0 radical (unpaired) electrons. The maximum atomic E-state index is 13.1. The van der Waals surface area contributed by atoms with Gasteiger partial charge in [-0.2, -0.15) is 0 Å². The van der Waals surface area contributed by atoms with Crippen LogP contribution in [-0.4, -0.2) is 30.8 Å². The van der Waals surface area contributed by atoms with Crippen molar-refractivity contribution >= 4 is 29.0 Å². The van der Waals surface area contributed by atoms with Crippen molar-refractivity contribution in [2.45, 2.75) is 37.1 Å². The summed E-state index contributed by atoms with van der Waals surface area (Å²) in [5.74, 6) is 0.411. The van der Waals surface area contributed by atoms with E-state index in [4.69, 9.17) is 11.6 Å². The lowest BCUT2D eigenvalue weighted by Gasteiger charge is -2.37. The van der Waals surface area contributed by atoms with Crippen LogP contribution in [0.2, 0.25) is 5.02 Å². The quantitative estimate of drug-likeness (QED) is 0.864. The normalized spacial score (nSPS) is 24.3. The molecular formula is C16H17ClN2O2. The molecule has 1 saturated carbocycles. The molecule has 1 saturated heterocycles. The van der Waals surface area contributed by atoms with Crippen molar-refractivity contribution in [3.8, 4) is 0 Å². The summed E-state index contributed by atoms with van der Waals surface area (Å²) in [7, 11) is 0. The van der Waals surface area contributed by atoms with Crippen molar-refractivity contribution in [3.05, 3.63) is 28.8 Å². The highest BCUT2D eigenvalue weighted by Gasteiger charge is 2.54. The fourth-order valence-corrected chi connectivity index (χ4v) is 4.08. The predicted molar refractivity (Wildman–Crippen MR) is 80.7 cm³/mol. The molecule has 1 spiro atoms. The fraction of sp³-hybridized carbons (Fsp3) is 0.500. The first kappa shape index (κ1) is 13.3. The number of carbonyl (C=O) groups is 2. The van der Waals surface area contributed by atoms with Gasteiger partial charge in [-0.15, -0.1) is 0 Å². The standard InChI is InChI=1S/C16H17ClN2O2/c17-10-1-2-14-13(7-10)16(3-5-18-6-4-16)15(21)19(14)11-8-12(20)9-11/h1-2,7,11,18H,3-6,8-9H2. The van der Waals surface area contributed by atoms with E-state index in [0.717, 1.165) is 37.2 Å². The highest BCUT2D eigenvalue weighted by atomic mass is 35.5. The minimum absolute atomic E-state index is 0.0409. The second-order valence-corrected chi connectivity index (χ2v) is 6.71. The third-order valence-corrected chi connectivity index (χ3v) is 5.35. The molecule has 0 aromatic heterocycles. The third-order valence-electron chi connectivity index (χ3n) is 5.11. The van der Waals surface area contributed by atoms with E-state index >= 15 is 0 Å². The van der Waals surface area contributed by atoms with Gasteiger partial charge in [0.25, 0.3) is 0 Å². The van der Waals surface area contributed by atoms with Crippen molar-refractivity contribution in [2.24, 2.45) is 0 Å². The van der Waals surface area contributed by atoms with Crippen LogP contribution in [-0.2, 0) is 15.0 Å². The lowest BCUT2D eigenvalue weighted by molar-refractivity contribution is -0.128. The fourth-order valence-electron chi connectivity index (χ4n) is 3.90. The number of halogens is 1. The summed E-state index contributed by atoms with van der Waals surface area (Å²) < 4.78 is 0. The average Bonchev–Trinajstić information content (AvgIpc) is 2.67. The molecule has 4 nitrogen and oxygen atoms in total. The number of rotatable bonds is 1. The Hall–Kier alpha value is -1.39. The van der Waals surface area contributed by atoms with Gasteiger partial charge in [0.1, 0.15) is 5.78 Å². The Labute approximate surface area is 128 Å². The number of carbonyl (C=O) groups excluding carboxylic acids is 2. The van der Waals surface area contributed by atoms with Crippen LogP contribution >= 0.6 is 11.6 Å². The van der Waals surface area contributed by atoms with Crippen LogP contribution in [0.1, 0.15) is 31.2 Å². The average molecular weight is 305 g/mol. The Morgan fingerprint density at radius 1 is 1.19 bits per heavy atom. The van der Waals surface area contributed by atoms with Crippen molar-refractivity contribution in [1.29, 1.82) is 0 Å². The molecule has 0 unspecified atom stereocenters. The van der Waals surface area contributed by atoms with Crippen LogP contribution in [0.15, 0.2) is 18.2 Å². The van der Waals surface area contributed by atoms with Gasteiger partial charge in [-0.1, -0.05) is 11.6 Å². The number of hydrogen-bond acceptors (Lipinski definition) is 3. The predicted octanol–water partition coefficient (Wildman–Crippen LogP) is 2.04. The molecule has 2 aliphatic heterocycles. The largest absolute Gasteiger partial charge is 0.317 e. The van der Waals surface area contributed by atoms with Gasteiger partial charge in [0.2, 0.25) is 5.91 Å². The van der Waals surface area contributed by atoms with Gasteiger partial charge >= 0.3 is 0 Å². The van der Waals surface area contributed by atoms with Gasteiger partial charge < -0.3 is 10.2 Å². The van der Waals surface area contributed by atoms with E-state index in [2.05, 4.69) is 5.32 Å². The van der Waals surface area contributed by atoms with E-state index in [-0.39, 0.29) is 17.7 Å². The molecule has 2 fully saturated rings. The number of nitrogens with zero attached hydrogens (tertiary/aromatic N) is 1. The van der Waals surface area contributed by atoms with Crippen LogP contribution in [0.5, 0.6) is 0 Å². The lowest BCUT2D eigenvalue weighted by atomic mass is 9.74. The Morgan fingerprint density at radius 2 is 1.90 bits per heavy atom. The first-order valence-electron chi connectivity index (χ1n) is 7.48. The molecule has 1 amide bonds. The van der Waals surface area contributed by atoms with Crippen LogP contribution < -0.4 is 10.2 Å². The van der Waals surface area contributed by atoms with Crippen molar-refractivity contribution < 1.29 is 9.59 Å². The number of anilines is 1. The summed E-state index contributed by atoms with van der Waals surface area (Å²) in [6, 6.07) is 5.76. The van der Waals surface area contributed by atoms with Crippen molar-refractivity contribution in [2.75, 3.05) is 18.0 Å². The number of piperidine rings is 1. The molecule has 1 aliphatic carbocycles.